The van der Waals surface area contributed by atoms with E-state index in [-0.39, 0.29) is 6.04 Å². The highest BCUT2D eigenvalue weighted by atomic mass is 32.1. The van der Waals surface area contributed by atoms with E-state index in [0.29, 0.717) is 0 Å². The van der Waals surface area contributed by atoms with Crippen LogP contribution in [0.5, 0.6) is 0 Å². The number of rotatable bonds is 5. The lowest BCUT2D eigenvalue weighted by Crippen LogP contribution is -2.17. The molecular weight excluding hydrogens is 336 g/mol. The second-order valence-electron chi connectivity index (χ2n) is 5.81. The van der Waals surface area contributed by atoms with Crippen molar-refractivity contribution >= 4 is 27.6 Å². The third kappa shape index (κ3) is 3.00. The molecule has 0 radical (unpaired) electrons. The highest BCUT2D eigenvalue weighted by Crippen LogP contribution is 2.28. The normalized spacial score (nSPS) is 12.8. The molecule has 0 amide bonds. The van der Waals surface area contributed by atoms with Gasteiger partial charge < -0.3 is 5.32 Å². The number of imidazole rings is 1. The molecule has 0 spiro atoms. The lowest BCUT2D eigenvalue weighted by atomic mass is 10.1. The Kier molecular flexibility index (Phi) is 4.18. The van der Waals surface area contributed by atoms with Crippen LogP contribution < -0.4 is 5.32 Å². The van der Waals surface area contributed by atoms with E-state index in [1.807, 2.05) is 12.4 Å². The predicted octanol–water partition coefficient (Wildman–Crippen LogP) is 4.68. The lowest BCUT2D eigenvalue weighted by molar-refractivity contribution is 0.567. The third-order valence-electron chi connectivity index (χ3n) is 4.07. The molecule has 3 aromatic heterocycles. The first kappa shape index (κ1) is 15.5. The smallest absolute Gasteiger partial charge is 0.193 e. The zero-order valence-electron chi connectivity index (χ0n) is 13.6. The van der Waals surface area contributed by atoms with Crippen molar-refractivity contribution in [2.75, 3.05) is 0 Å². The summed E-state index contributed by atoms with van der Waals surface area (Å²) in [4.78, 5) is 11.5. The molecule has 0 aliphatic rings. The van der Waals surface area contributed by atoms with E-state index in [1.54, 1.807) is 22.7 Å². The van der Waals surface area contributed by atoms with E-state index < -0.39 is 0 Å². The molecule has 0 saturated carbocycles. The van der Waals surface area contributed by atoms with Crippen molar-refractivity contribution in [1.29, 1.82) is 0 Å². The minimum absolute atomic E-state index is 0.209. The summed E-state index contributed by atoms with van der Waals surface area (Å²) in [5.41, 5.74) is 3.56. The minimum Gasteiger partial charge on any atom is -0.304 e. The summed E-state index contributed by atoms with van der Waals surface area (Å²) < 4.78 is 2.07. The van der Waals surface area contributed by atoms with E-state index in [9.17, 15) is 0 Å². The Morgan fingerprint density at radius 1 is 1.29 bits per heavy atom. The van der Waals surface area contributed by atoms with Gasteiger partial charge in [-0.15, -0.1) is 22.7 Å². The average Bonchev–Trinajstić information content (AvgIpc) is 3.28. The van der Waals surface area contributed by atoms with Gasteiger partial charge in [-0.1, -0.05) is 24.3 Å². The van der Waals surface area contributed by atoms with Crippen LogP contribution in [0.3, 0.4) is 0 Å². The Bertz CT molecular complexity index is 938. The predicted molar refractivity (Wildman–Crippen MR) is 101 cm³/mol. The second-order valence-corrected chi connectivity index (χ2v) is 7.80. The molecule has 4 nitrogen and oxygen atoms in total. The van der Waals surface area contributed by atoms with E-state index in [2.05, 4.69) is 69.4 Å². The Hall–Kier alpha value is -2.02. The first-order chi connectivity index (χ1) is 11.7. The van der Waals surface area contributed by atoms with Gasteiger partial charge in [0.15, 0.2) is 4.96 Å². The number of hydrogen-bond acceptors (Lipinski definition) is 5. The first-order valence-corrected chi connectivity index (χ1v) is 9.56. The van der Waals surface area contributed by atoms with Crippen LogP contribution in [-0.4, -0.2) is 14.4 Å². The number of benzene rings is 1. The maximum atomic E-state index is 4.66. The van der Waals surface area contributed by atoms with Gasteiger partial charge in [0, 0.05) is 47.0 Å². The molecule has 4 rings (SSSR count). The van der Waals surface area contributed by atoms with Gasteiger partial charge in [-0.25, -0.2) is 9.97 Å². The number of nitrogens with zero attached hydrogens (tertiary/aromatic N) is 3. The van der Waals surface area contributed by atoms with Gasteiger partial charge in [0.25, 0.3) is 0 Å². The summed E-state index contributed by atoms with van der Waals surface area (Å²) in [6, 6.07) is 8.59. The summed E-state index contributed by atoms with van der Waals surface area (Å²) in [5.74, 6) is 0. The molecule has 0 unspecified atom stereocenters. The van der Waals surface area contributed by atoms with E-state index in [1.165, 1.54) is 16.0 Å². The average molecular weight is 355 g/mol. The molecule has 1 N–H and O–H groups in total. The highest BCUT2D eigenvalue weighted by molar-refractivity contribution is 7.15. The summed E-state index contributed by atoms with van der Waals surface area (Å²) >= 11 is 3.41. The van der Waals surface area contributed by atoms with Gasteiger partial charge >= 0.3 is 0 Å². The third-order valence-corrected chi connectivity index (χ3v) is 5.87. The topological polar surface area (TPSA) is 42.2 Å². The van der Waals surface area contributed by atoms with Crippen LogP contribution >= 0.6 is 22.7 Å². The molecular formula is C18H18N4S2. The van der Waals surface area contributed by atoms with Crippen molar-refractivity contribution in [3.8, 4) is 10.6 Å². The van der Waals surface area contributed by atoms with Crippen LogP contribution in [0, 0.1) is 6.92 Å². The Morgan fingerprint density at radius 3 is 3.00 bits per heavy atom. The number of aromatic nitrogens is 3. The van der Waals surface area contributed by atoms with Crippen LogP contribution in [-0.2, 0) is 6.54 Å². The number of nitrogens with one attached hydrogen (secondary N) is 1. The monoisotopic (exact) mass is 354 g/mol. The van der Waals surface area contributed by atoms with Gasteiger partial charge in [0.1, 0.15) is 5.01 Å². The van der Waals surface area contributed by atoms with Crippen molar-refractivity contribution in [1.82, 2.24) is 19.7 Å². The molecule has 1 atom stereocenters. The Balaban J connectivity index is 1.44. The molecule has 0 saturated heterocycles. The lowest BCUT2D eigenvalue weighted by Gasteiger charge is -2.09. The van der Waals surface area contributed by atoms with Gasteiger partial charge in [0.05, 0.1) is 5.69 Å². The molecule has 3 heterocycles. The fourth-order valence-electron chi connectivity index (χ4n) is 2.64. The van der Waals surface area contributed by atoms with Gasteiger partial charge in [-0.3, -0.25) is 4.40 Å². The molecule has 24 heavy (non-hydrogen) atoms. The first-order valence-electron chi connectivity index (χ1n) is 7.87. The van der Waals surface area contributed by atoms with Crippen molar-refractivity contribution in [3.05, 3.63) is 64.4 Å². The summed E-state index contributed by atoms with van der Waals surface area (Å²) in [6.45, 7) is 5.08. The minimum atomic E-state index is 0.209. The van der Waals surface area contributed by atoms with Crippen molar-refractivity contribution < 1.29 is 0 Å². The van der Waals surface area contributed by atoms with Crippen molar-refractivity contribution in [3.63, 3.8) is 0 Å². The maximum Gasteiger partial charge on any atom is 0.193 e. The van der Waals surface area contributed by atoms with E-state index in [0.717, 1.165) is 22.2 Å². The van der Waals surface area contributed by atoms with Crippen LogP contribution in [0.25, 0.3) is 15.5 Å². The molecule has 0 aliphatic carbocycles. The zero-order chi connectivity index (χ0) is 16.5. The standard InChI is InChI=1S/C18H18N4S2/c1-12-5-3-4-6-15(12)17-20-10-14(24-17)9-19-13(2)16-11-22-7-8-23-18(22)21-16/h3-8,10-11,13,19H,9H2,1-2H3/t13-/m0/s1. The fraction of sp³-hybridized carbons (Fsp3) is 0.222. The van der Waals surface area contributed by atoms with Crippen molar-refractivity contribution in [2.24, 2.45) is 0 Å². The molecule has 0 fully saturated rings. The maximum absolute atomic E-state index is 4.66. The molecule has 6 heteroatoms. The Labute approximate surface area is 148 Å². The molecule has 0 bridgehead atoms. The molecule has 4 aromatic rings. The van der Waals surface area contributed by atoms with Gasteiger partial charge in [-0.05, 0) is 19.4 Å². The van der Waals surface area contributed by atoms with Crippen LogP contribution in [0.4, 0.5) is 0 Å². The Morgan fingerprint density at radius 2 is 2.17 bits per heavy atom. The summed E-state index contributed by atoms with van der Waals surface area (Å²) in [6.07, 6.45) is 6.10. The van der Waals surface area contributed by atoms with Crippen LogP contribution in [0.2, 0.25) is 0 Å². The number of aryl methyl sites for hydroxylation is 1. The fourth-order valence-corrected chi connectivity index (χ4v) is 4.30. The summed E-state index contributed by atoms with van der Waals surface area (Å²) in [7, 11) is 0. The van der Waals surface area contributed by atoms with Crippen LogP contribution in [0.1, 0.15) is 29.1 Å². The molecule has 1 aromatic carbocycles. The summed E-state index contributed by atoms with van der Waals surface area (Å²) in [5, 5.41) is 6.68. The van der Waals surface area contributed by atoms with E-state index >= 15 is 0 Å². The number of hydrogen-bond donors (Lipinski definition) is 1. The molecule has 122 valence electrons. The zero-order valence-corrected chi connectivity index (χ0v) is 15.2. The van der Waals surface area contributed by atoms with Crippen LogP contribution in [0.15, 0.2) is 48.2 Å². The highest BCUT2D eigenvalue weighted by Gasteiger charge is 2.12. The van der Waals surface area contributed by atoms with Gasteiger partial charge in [-0.2, -0.15) is 0 Å². The second kappa shape index (κ2) is 6.47. The largest absolute Gasteiger partial charge is 0.304 e. The van der Waals surface area contributed by atoms with Crippen molar-refractivity contribution in [2.45, 2.75) is 26.4 Å². The van der Waals surface area contributed by atoms with Gasteiger partial charge in [0.2, 0.25) is 0 Å². The molecule has 0 aliphatic heterocycles. The van der Waals surface area contributed by atoms with E-state index in [4.69, 9.17) is 0 Å². The number of fused-ring (bicyclic) bond motifs is 1. The quantitative estimate of drug-likeness (QED) is 0.566. The number of thiazole rings is 2. The SMILES string of the molecule is Cc1ccccc1-c1ncc(CN[C@@H](C)c2cn3ccsc3n2)s1.